The molecule has 0 amide bonds. The molecule has 1 aliphatic heterocycles. The molecule has 1 N–H and O–H groups in total. The summed E-state index contributed by atoms with van der Waals surface area (Å²) in [6.45, 7) is 5.28. The molecule has 0 spiro atoms. The topological polar surface area (TPSA) is 75.7 Å². The molecular formula is C12H17N5O2S. The Balaban J connectivity index is 1.79. The summed E-state index contributed by atoms with van der Waals surface area (Å²) in [4.78, 5) is 18.3. The van der Waals surface area contributed by atoms with Crippen molar-refractivity contribution in [2.75, 3.05) is 25.0 Å². The lowest BCUT2D eigenvalue weighted by molar-refractivity contribution is -0.389. The van der Waals surface area contributed by atoms with Crippen LogP contribution in [0.3, 0.4) is 0 Å². The summed E-state index contributed by atoms with van der Waals surface area (Å²) in [6.07, 6.45) is 3.68. The van der Waals surface area contributed by atoms with Crippen LogP contribution in [0.1, 0.15) is 19.8 Å². The van der Waals surface area contributed by atoms with Gasteiger partial charge in [-0.2, -0.15) is 9.38 Å². The van der Waals surface area contributed by atoms with E-state index < -0.39 is 0 Å². The number of nitrogens with zero attached hydrogens (tertiary/aromatic N) is 4. The number of aromatic nitrogens is 2. The smallest absolute Gasteiger partial charge is 0.360 e. The predicted octanol–water partition coefficient (Wildman–Crippen LogP) is 2.20. The third-order valence-corrected chi connectivity index (χ3v) is 4.54. The molecule has 0 saturated carbocycles. The molecule has 0 radical (unpaired) electrons. The minimum atomic E-state index is -0.365. The number of rotatable bonds is 4. The molecule has 2 aromatic rings. The van der Waals surface area contributed by atoms with Crippen LogP contribution in [-0.2, 0) is 0 Å². The van der Waals surface area contributed by atoms with Crippen molar-refractivity contribution in [2.24, 2.45) is 0 Å². The zero-order valence-electron chi connectivity index (χ0n) is 11.3. The van der Waals surface area contributed by atoms with E-state index in [1.165, 1.54) is 15.7 Å². The van der Waals surface area contributed by atoms with Gasteiger partial charge in [0.1, 0.15) is 6.20 Å². The Bertz CT molecular complexity index is 614. The molecule has 0 unspecified atom stereocenters. The summed E-state index contributed by atoms with van der Waals surface area (Å²) in [7, 11) is 0. The number of hydrogen-bond acceptors (Lipinski definition) is 6. The van der Waals surface area contributed by atoms with Gasteiger partial charge in [0.25, 0.3) is 4.96 Å². The van der Waals surface area contributed by atoms with E-state index >= 15 is 0 Å². The van der Waals surface area contributed by atoms with Gasteiger partial charge in [-0.05, 0) is 24.3 Å². The Kier molecular flexibility index (Phi) is 3.58. The predicted molar refractivity (Wildman–Crippen MR) is 78.5 cm³/mol. The molecule has 0 aliphatic carbocycles. The molecule has 2 aromatic heterocycles. The van der Waals surface area contributed by atoms with E-state index in [-0.39, 0.29) is 16.8 Å². The Morgan fingerprint density at radius 3 is 2.95 bits per heavy atom. The summed E-state index contributed by atoms with van der Waals surface area (Å²) >= 11 is 1.40. The van der Waals surface area contributed by atoms with Gasteiger partial charge in [0, 0.05) is 24.5 Å². The third kappa shape index (κ3) is 2.36. The summed E-state index contributed by atoms with van der Waals surface area (Å²) in [5, 5.41) is 16.3. The van der Waals surface area contributed by atoms with Gasteiger partial charge in [0.05, 0.1) is 0 Å². The number of nitrogens with one attached hydrogen (secondary N) is 1. The van der Waals surface area contributed by atoms with Gasteiger partial charge in [-0.15, -0.1) is 0 Å². The highest BCUT2D eigenvalue weighted by Gasteiger charge is 2.26. The van der Waals surface area contributed by atoms with E-state index in [0.717, 1.165) is 32.5 Å². The number of piperidine rings is 1. The number of likely N-dealkylation sites (tertiary alicyclic amines) is 1. The molecule has 7 nitrogen and oxygen atoms in total. The maximum Gasteiger partial charge on any atom is 0.372 e. The second-order valence-electron chi connectivity index (χ2n) is 4.95. The highest BCUT2D eigenvalue weighted by Crippen LogP contribution is 2.29. The van der Waals surface area contributed by atoms with E-state index in [1.54, 1.807) is 11.6 Å². The summed E-state index contributed by atoms with van der Waals surface area (Å²) in [5.74, 6) is 0.441. The lowest BCUT2D eigenvalue weighted by atomic mass is 10.1. The maximum absolute atomic E-state index is 11.2. The fourth-order valence-electron chi connectivity index (χ4n) is 2.63. The monoisotopic (exact) mass is 295 g/mol. The molecule has 1 fully saturated rings. The van der Waals surface area contributed by atoms with Crippen LogP contribution >= 0.6 is 11.3 Å². The summed E-state index contributed by atoms with van der Waals surface area (Å²) < 4.78 is 1.54. The van der Waals surface area contributed by atoms with Crippen LogP contribution in [0.25, 0.3) is 4.96 Å². The highest BCUT2D eigenvalue weighted by atomic mass is 32.1. The fraction of sp³-hybridized carbons (Fsp3) is 0.583. The Morgan fingerprint density at radius 1 is 1.55 bits per heavy atom. The normalized spacial score (nSPS) is 17.6. The molecule has 20 heavy (non-hydrogen) atoms. The molecule has 1 saturated heterocycles. The molecule has 0 aromatic carbocycles. The van der Waals surface area contributed by atoms with Gasteiger partial charge >= 0.3 is 5.82 Å². The first-order valence-electron chi connectivity index (χ1n) is 6.78. The molecule has 0 bridgehead atoms. The van der Waals surface area contributed by atoms with Crippen molar-refractivity contribution >= 4 is 27.9 Å². The van der Waals surface area contributed by atoms with E-state index in [0.29, 0.717) is 10.8 Å². The minimum absolute atomic E-state index is 0.0409. The molecular weight excluding hydrogens is 278 g/mol. The van der Waals surface area contributed by atoms with Gasteiger partial charge in [0.15, 0.2) is 0 Å². The summed E-state index contributed by atoms with van der Waals surface area (Å²) in [6, 6.07) is 0.265. The van der Waals surface area contributed by atoms with E-state index in [1.807, 2.05) is 0 Å². The number of hydrogen-bond donors (Lipinski definition) is 1. The van der Waals surface area contributed by atoms with Crippen LogP contribution in [0, 0.1) is 10.1 Å². The molecule has 3 heterocycles. The number of imidazole rings is 1. The average molecular weight is 295 g/mol. The molecule has 108 valence electrons. The quantitative estimate of drug-likeness (QED) is 0.691. The molecule has 8 heteroatoms. The maximum atomic E-state index is 11.2. The van der Waals surface area contributed by atoms with E-state index in [4.69, 9.17) is 0 Å². The number of fused-ring (bicyclic) bond motifs is 1. The first kappa shape index (κ1) is 13.3. The Labute approximate surface area is 120 Å². The third-order valence-electron chi connectivity index (χ3n) is 3.79. The van der Waals surface area contributed by atoms with Crippen LogP contribution < -0.4 is 5.32 Å². The lowest BCUT2D eigenvalue weighted by Gasteiger charge is -2.31. The zero-order valence-corrected chi connectivity index (χ0v) is 12.1. The molecule has 0 atom stereocenters. The van der Waals surface area contributed by atoms with Crippen molar-refractivity contribution in [3.8, 4) is 0 Å². The van der Waals surface area contributed by atoms with E-state index in [9.17, 15) is 10.1 Å². The van der Waals surface area contributed by atoms with Gasteiger partial charge in [0.2, 0.25) is 5.82 Å². The van der Waals surface area contributed by atoms with E-state index in [2.05, 4.69) is 22.1 Å². The van der Waals surface area contributed by atoms with Crippen LogP contribution in [0.2, 0.25) is 0 Å². The Hall–Kier alpha value is -1.67. The second kappa shape index (κ2) is 5.37. The van der Waals surface area contributed by atoms with Crippen molar-refractivity contribution in [3.05, 3.63) is 21.7 Å². The highest BCUT2D eigenvalue weighted by molar-refractivity contribution is 7.15. The van der Waals surface area contributed by atoms with Crippen LogP contribution in [-0.4, -0.2) is 44.9 Å². The number of anilines is 1. The zero-order chi connectivity index (χ0) is 14.1. The van der Waals surface area contributed by atoms with Gasteiger partial charge < -0.3 is 20.3 Å². The SMILES string of the molecule is CCN1CCC(Nc2nc3sccn3c2[N+](=O)[O-])CC1. The standard InChI is InChI=1S/C12H17N5O2S/c1-2-15-5-3-9(4-6-15)13-10-11(17(18)19)16-7-8-20-12(16)14-10/h7-9,13H,2-6H2,1H3. The van der Waals surface area contributed by atoms with Crippen molar-refractivity contribution in [1.82, 2.24) is 14.3 Å². The van der Waals surface area contributed by atoms with Gasteiger partial charge in [-0.25, -0.2) is 0 Å². The van der Waals surface area contributed by atoms with Crippen molar-refractivity contribution in [2.45, 2.75) is 25.8 Å². The Morgan fingerprint density at radius 2 is 2.30 bits per heavy atom. The van der Waals surface area contributed by atoms with Crippen molar-refractivity contribution in [3.63, 3.8) is 0 Å². The van der Waals surface area contributed by atoms with Gasteiger partial charge in [-0.1, -0.05) is 18.3 Å². The molecule has 1 aliphatic rings. The number of nitro groups is 1. The van der Waals surface area contributed by atoms with Crippen molar-refractivity contribution < 1.29 is 4.92 Å². The van der Waals surface area contributed by atoms with Crippen LogP contribution in [0.15, 0.2) is 11.6 Å². The largest absolute Gasteiger partial charge is 0.372 e. The lowest BCUT2D eigenvalue weighted by Crippen LogP contribution is -2.39. The first-order chi connectivity index (χ1) is 9.69. The first-order valence-corrected chi connectivity index (χ1v) is 7.66. The van der Waals surface area contributed by atoms with Gasteiger partial charge in [-0.3, -0.25) is 0 Å². The fourth-order valence-corrected chi connectivity index (χ4v) is 3.34. The molecule has 3 rings (SSSR count). The van der Waals surface area contributed by atoms with Crippen LogP contribution in [0.4, 0.5) is 11.6 Å². The van der Waals surface area contributed by atoms with Crippen LogP contribution in [0.5, 0.6) is 0 Å². The minimum Gasteiger partial charge on any atom is -0.360 e. The average Bonchev–Trinajstić information content (AvgIpc) is 2.99. The van der Waals surface area contributed by atoms with Crippen molar-refractivity contribution in [1.29, 1.82) is 0 Å². The second-order valence-corrected chi connectivity index (χ2v) is 5.82. The number of thiazole rings is 1. The summed E-state index contributed by atoms with van der Waals surface area (Å²) in [5.41, 5.74) is 0.